The van der Waals surface area contributed by atoms with E-state index in [9.17, 15) is 25.9 Å². The highest BCUT2D eigenvalue weighted by Crippen LogP contribution is 1.99. The molecule has 0 spiro atoms. The summed E-state index contributed by atoms with van der Waals surface area (Å²) in [5.74, 6) is -0.705. The van der Waals surface area contributed by atoms with Crippen molar-refractivity contribution in [2.24, 2.45) is 0 Å². The van der Waals surface area contributed by atoms with E-state index in [0.29, 0.717) is 25.9 Å². The lowest BCUT2D eigenvalue weighted by atomic mass is 10.3. The molecule has 0 saturated heterocycles. The average molecular weight is 471 g/mol. The minimum absolute atomic E-state index is 0. The summed E-state index contributed by atoms with van der Waals surface area (Å²) in [5.41, 5.74) is 0. The first-order chi connectivity index (χ1) is 13.1. The summed E-state index contributed by atoms with van der Waals surface area (Å²) in [6.45, 7) is 2.64. The molecule has 30 heavy (non-hydrogen) atoms. The fourth-order valence-electron chi connectivity index (χ4n) is 2.84. The van der Waals surface area contributed by atoms with Crippen molar-refractivity contribution in [1.82, 2.24) is 9.13 Å². The molecule has 0 aromatic carbocycles. The number of unbranched alkanes of at least 4 members (excludes halogenated alkanes) is 1. The Morgan fingerprint density at radius 3 is 1.37 bits per heavy atom. The van der Waals surface area contributed by atoms with E-state index in [1.54, 1.807) is 0 Å². The van der Waals surface area contributed by atoms with Crippen molar-refractivity contribution in [3.8, 4) is 0 Å². The normalized spacial score (nSPS) is 11.7. The van der Waals surface area contributed by atoms with E-state index in [1.807, 2.05) is 55.7 Å². The first-order valence-electron chi connectivity index (χ1n) is 9.07. The van der Waals surface area contributed by atoms with E-state index >= 15 is 0 Å². The predicted octanol–water partition coefficient (Wildman–Crippen LogP) is -2.43. The third-order valence-corrected chi connectivity index (χ3v) is 5.77. The van der Waals surface area contributed by atoms with Crippen molar-refractivity contribution >= 4 is 20.2 Å². The largest absolute Gasteiger partial charge is 0.748 e. The molecule has 0 amide bonds. The van der Waals surface area contributed by atoms with Gasteiger partial charge in [0.15, 0.2) is 0 Å². The smallest absolute Gasteiger partial charge is 0.243 e. The highest BCUT2D eigenvalue weighted by molar-refractivity contribution is 7.85. The molecule has 0 aliphatic rings. The van der Waals surface area contributed by atoms with Crippen LogP contribution in [0.3, 0.4) is 0 Å². The van der Waals surface area contributed by atoms with Gasteiger partial charge in [0.1, 0.15) is 24.8 Å². The average Bonchev–Trinajstić information content (AvgIpc) is 3.19. The molecule has 0 unspecified atom stereocenters. The van der Waals surface area contributed by atoms with Crippen LogP contribution in [0.4, 0.5) is 0 Å². The van der Waals surface area contributed by atoms with Gasteiger partial charge in [0, 0.05) is 11.5 Å². The zero-order valence-corrected chi connectivity index (χ0v) is 18.2. The van der Waals surface area contributed by atoms with Crippen LogP contribution in [0.5, 0.6) is 0 Å². The zero-order valence-electron chi connectivity index (χ0n) is 16.6. The Bertz CT molecular complexity index is 875. The maximum atomic E-state index is 10.6. The van der Waals surface area contributed by atoms with Crippen LogP contribution in [0.25, 0.3) is 0 Å². The van der Waals surface area contributed by atoms with Gasteiger partial charge in [0.25, 0.3) is 0 Å². The number of aromatic nitrogens is 4. The molecule has 0 radical (unpaired) electrons. The predicted molar refractivity (Wildman–Crippen MR) is 104 cm³/mol. The number of rotatable bonds is 13. The van der Waals surface area contributed by atoms with E-state index in [0.717, 1.165) is 25.9 Å². The van der Waals surface area contributed by atoms with Crippen molar-refractivity contribution < 1.29 is 46.0 Å². The molecular weight excluding hydrogens is 440 g/mol. The lowest BCUT2D eigenvalue weighted by Crippen LogP contribution is -2.32. The van der Waals surface area contributed by atoms with Crippen LogP contribution >= 0.6 is 0 Å². The van der Waals surface area contributed by atoms with Gasteiger partial charge in [-0.1, -0.05) is 0 Å². The van der Waals surface area contributed by atoms with E-state index < -0.39 is 20.2 Å². The Balaban J connectivity index is 0.00000420. The molecule has 2 aromatic heterocycles. The van der Waals surface area contributed by atoms with E-state index in [-0.39, 0.29) is 22.5 Å². The molecule has 0 aliphatic heterocycles. The molecule has 4 N–H and O–H groups in total. The Labute approximate surface area is 176 Å². The second-order valence-corrected chi connectivity index (χ2v) is 9.76. The molecule has 174 valence electrons. The molecular formula is C16H30N4O8S2. The highest BCUT2D eigenvalue weighted by atomic mass is 32.2. The second-order valence-electron chi connectivity index (χ2n) is 6.72. The van der Waals surface area contributed by atoms with E-state index in [4.69, 9.17) is 0 Å². The summed E-state index contributed by atoms with van der Waals surface area (Å²) in [6, 6.07) is 0. The van der Waals surface area contributed by atoms with Gasteiger partial charge in [-0.2, -0.15) is 0 Å². The quantitative estimate of drug-likeness (QED) is 0.177. The Morgan fingerprint density at radius 1 is 0.667 bits per heavy atom. The van der Waals surface area contributed by atoms with Crippen molar-refractivity contribution in [2.75, 3.05) is 11.5 Å². The lowest BCUT2D eigenvalue weighted by molar-refractivity contribution is -0.696. The lowest BCUT2D eigenvalue weighted by Gasteiger charge is -2.04. The molecule has 2 aromatic rings. The molecule has 2 rings (SSSR count). The number of hydrogen-bond acceptors (Lipinski definition) is 6. The van der Waals surface area contributed by atoms with Gasteiger partial charge >= 0.3 is 0 Å². The van der Waals surface area contributed by atoms with Crippen LogP contribution in [0.15, 0.2) is 37.4 Å². The standard InChI is InChI=1S/C16H26N4O6S2.2H2O/c21-27(22,23)13-3-7-19-11-9-17(15-19)5-1-2-6-18-10-12-20(16-18)8-4-14-28(24,25)26;;/h9-12,15-16H,1-8,13-14H2;2*1H2. The molecule has 0 fully saturated rings. The maximum absolute atomic E-state index is 10.6. The van der Waals surface area contributed by atoms with E-state index in [1.165, 1.54) is 0 Å². The second kappa shape index (κ2) is 12.8. The molecule has 12 nitrogen and oxygen atoms in total. The zero-order chi connectivity index (χ0) is 20.6. The Hall–Kier alpha value is -1.84. The molecule has 0 atom stereocenters. The number of imidazole rings is 2. The summed E-state index contributed by atoms with van der Waals surface area (Å²) < 4.78 is 71.4. The highest BCUT2D eigenvalue weighted by Gasteiger charge is 2.07. The summed E-state index contributed by atoms with van der Waals surface area (Å²) in [5, 5.41) is 0. The van der Waals surface area contributed by atoms with Gasteiger partial charge in [0.2, 0.25) is 12.7 Å². The van der Waals surface area contributed by atoms with Crippen molar-refractivity contribution in [1.29, 1.82) is 0 Å². The molecule has 14 heteroatoms. The summed E-state index contributed by atoms with van der Waals surface area (Å²) in [6.07, 6.45) is 13.8. The van der Waals surface area contributed by atoms with Gasteiger partial charge in [-0.3, -0.25) is 0 Å². The molecule has 2 heterocycles. The SMILES string of the molecule is O.O.O=S(=O)([O-])CCC[n+]1ccn(CCCCn2cc[n+](CCCS(=O)(=O)[O-])c2)c1. The number of hydrogen-bond donors (Lipinski definition) is 0. The fourth-order valence-corrected chi connectivity index (χ4v) is 3.81. The molecule has 0 bridgehead atoms. The summed E-state index contributed by atoms with van der Waals surface area (Å²) in [4.78, 5) is 0. The minimum Gasteiger partial charge on any atom is -0.748 e. The van der Waals surface area contributed by atoms with Crippen molar-refractivity contribution in [3.63, 3.8) is 0 Å². The van der Waals surface area contributed by atoms with Crippen LogP contribution < -0.4 is 9.13 Å². The van der Waals surface area contributed by atoms with Gasteiger partial charge in [-0.05, 0) is 25.7 Å². The van der Waals surface area contributed by atoms with Crippen molar-refractivity contribution in [2.45, 2.75) is 51.9 Å². The Morgan fingerprint density at radius 2 is 1.03 bits per heavy atom. The van der Waals surface area contributed by atoms with Gasteiger partial charge in [-0.15, -0.1) is 0 Å². The third-order valence-electron chi connectivity index (χ3n) is 4.20. The van der Waals surface area contributed by atoms with Crippen LogP contribution in [-0.4, -0.2) is 57.5 Å². The first kappa shape index (κ1) is 28.2. The molecule has 0 aliphatic carbocycles. The minimum atomic E-state index is -4.16. The fraction of sp³-hybridized carbons (Fsp3) is 0.625. The van der Waals surface area contributed by atoms with Crippen molar-refractivity contribution in [3.05, 3.63) is 37.4 Å². The van der Waals surface area contributed by atoms with Crippen LogP contribution in [-0.2, 0) is 46.4 Å². The topological polar surface area (TPSA) is 195 Å². The van der Waals surface area contributed by atoms with E-state index in [2.05, 4.69) is 0 Å². The van der Waals surface area contributed by atoms with Gasteiger partial charge in [-0.25, -0.2) is 35.1 Å². The van der Waals surface area contributed by atoms with Gasteiger partial charge in [0.05, 0.1) is 46.4 Å². The number of aryl methyl sites for hydroxylation is 4. The Kier molecular flexibility index (Phi) is 12.0. The summed E-state index contributed by atoms with van der Waals surface area (Å²) in [7, 11) is -8.31. The van der Waals surface area contributed by atoms with Crippen LogP contribution in [0.1, 0.15) is 25.7 Å². The maximum Gasteiger partial charge on any atom is 0.243 e. The molecule has 0 saturated carbocycles. The first-order valence-corrected chi connectivity index (χ1v) is 12.2. The van der Waals surface area contributed by atoms with Crippen LogP contribution in [0.2, 0.25) is 0 Å². The summed E-state index contributed by atoms with van der Waals surface area (Å²) >= 11 is 0. The monoisotopic (exact) mass is 470 g/mol. The number of nitrogens with zero attached hydrogens (tertiary/aromatic N) is 4. The van der Waals surface area contributed by atoms with Gasteiger partial charge < -0.3 is 20.1 Å². The van der Waals surface area contributed by atoms with Crippen LogP contribution in [0, 0.1) is 0 Å². The third kappa shape index (κ3) is 12.0.